The first-order chi connectivity index (χ1) is 12.2. The summed E-state index contributed by atoms with van der Waals surface area (Å²) in [6.45, 7) is 5.40. The lowest BCUT2D eigenvalue weighted by Crippen LogP contribution is -2.37. The molecular weight excluding hydrogens is 334 g/mol. The molecule has 0 saturated carbocycles. The maximum atomic E-state index is 5.48. The van der Waals surface area contributed by atoms with Crippen molar-refractivity contribution in [1.29, 1.82) is 0 Å². The number of hydrogen-bond acceptors (Lipinski definition) is 4. The van der Waals surface area contributed by atoms with Gasteiger partial charge in [-0.25, -0.2) is 0 Å². The van der Waals surface area contributed by atoms with E-state index in [1.165, 1.54) is 12.2 Å². The third-order valence-electron chi connectivity index (χ3n) is 3.73. The van der Waals surface area contributed by atoms with Gasteiger partial charge < -0.3 is 20.1 Å². The Morgan fingerprint density at radius 3 is 2.64 bits per heavy atom. The van der Waals surface area contributed by atoms with Gasteiger partial charge in [0.2, 0.25) is 0 Å². The number of rotatable bonds is 11. The van der Waals surface area contributed by atoms with Gasteiger partial charge in [-0.3, -0.25) is 4.99 Å². The Kier molecular flexibility index (Phi) is 10.6. The molecule has 0 saturated heterocycles. The van der Waals surface area contributed by atoms with Gasteiger partial charge in [-0.05, 0) is 49.0 Å². The number of nitrogens with zero attached hydrogens (tertiary/aromatic N) is 1. The van der Waals surface area contributed by atoms with Crippen molar-refractivity contribution >= 4 is 17.7 Å². The molecule has 1 rings (SSSR count). The minimum Gasteiger partial charge on any atom is -0.493 e. The first-order valence-electron chi connectivity index (χ1n) is 8.48. The van der Waals surface area contributed by atoms with Gasteiger partial charge in [0.15, 0.2) is 17.5 Å². The molecule has 0 fully saturated rings. The molecule has 0 radical (unpaired) electrons. The van der Waals surface area contributed by atoms with Crippen LogP contribution in [0.3, 0.4) is 0 Å². The van der Waals surface area contributed by atoms with Crippen LogP contribution in [0, 0.1) is 0 Å². The Morgan fingerprint density at radius 2 is 2.04 bits per heavy atom. The van der Waals surface area contributed by atoms with Crippen LogP contribution in [0.25, 0.3) is 0 Å². The van der Waals surface area contributed by atoms with E-state index in [1.54, 1.807) is 21.3 Å². The molecule has 0 heterocycles. The second-order valence-corrected chi connectivity index (χ2v) is 6.52. The monoisotopic (exact) mass is 365 g/mol. The van der Waals surface area contributed by atoms with Gasteiger partial charge in [0.25, 0.3) is 0 Å². The predicted molar refractivity (Wildman–Crippen MR) is 109 cm³/mol. The number of hydrogen-bond donors (Lipinski definition) is 2. The third-order valence-corrected chi connectivity index (χ3v) is 4.43. The molecule has 0 bridgehead atoms. The van der Waals surface area contributed by atoms with Crippen LogP contribution in [0.15, 0.2) is 29.8 Å². The van der Waals surface area contributed by atoms with Gasteiger partial charge in [-0.15, -0.1) is 6.58 Å². The number of nitrogens with one attached hydrogen (secondary N) is 2. The number of thioether (sulfide) groups is 1. The van der Waals surface area contributed by atoms with Crippen molar-refractivity contribution in [3.63, 3.8) is 0 Å². The van der Waals surface area contributed by atoms with E-state index in [1.807, 2.05) is 23.9 Å². The van der Waals surface area contributed by atoms with E-state index in [0.717, 1.165) is 48.0 Å². The number of aliphatic imine (C=N–C) groups is 1. The van der Waals surface area contributed by atoms with Gasteiger partial charge >= 0.3 is 0 Å². The number of allylic oxidation sites excluding steroid dienone is 1. The van der Waals surface area contributed by atoms with Crippen LogP contribution < -0.4 is 20.1 Å². The van der Waals surface area contributed by atoms with Gasteiger partial charge in [-0.1, -0.05) is 6.08 Å². The van der Waals surface area contributed by atoms with E-state index in [4.69, 9.17) is 9.47 Å². The predicted octanol–water partition coefficient (Wildman–Crippen LogP) is 3.24. The van der Waals surface area contributed by atoms with E-state index in [-0.39, 0.29) is 0 Å². The van der Waals surface area contributed by atoms with E-state index in [9.17, 15) is 0 Å². The molecule has 0 aromatic heterocycles. The molecule has 1 aromatic carbocycles. The van der Waals surface area contributed by atoms with Gasteiger partial charge in [0.05, 0.1) is 14.2 Å². The van der Waals surface area contributed by atoms with Crippen molar-refractivity contribution in [2.75, 3.05) is 39.8 Å². The smallest absolute Gasteiger partial charge is 0.191 e. The second kappa shape index (κ2) is 12.5. The molecule has 5 nitrogen and oxygen atoms in total. The standard InChI is InChI=1S/C19H31N3O2S/c1-6-9-16-12-15(13-17(23-3)18(16)24-4)14-22-19(20-2)21-10-7-8-11-25-5/h6,12-13H,1,7-11,14H2,2-5H3,(H2,20,21,22). The van der Waals surface area contributed by atoms with Crippen molar-refractivity contribution in [3.8, 4) is 11.5 Å². The number of methoxy groups -OCH3 is 2. The average molecular weight is 366 g/mol. The van der Waals surface area contributed by atoms with Crippen LogP contribution in [0.1, 0.15) is 24.0 Å². The number of guanidine groups is 1. The highest BCUT2D eigenvalue weighted by Gasteiger charge is 2.11. The highest BCUT2D eigenvalue weighted by molar-refractivity contribution is 7.98. The fourth-order valence-electron chi connectivity index (χ4n) is 2.50. The quantitative estimate of drug-likeness (QED) is 0.273. The first-order valence-corrected chi connectivity index (χ1v) is 9.87. The Hall–Kier alpha value is -1.82. The number of benzene rings is 1. The second-order valence-electron chi connectivity index (χ2n) is 5.54. The summed E-state index contributed by atoms with van der Waals surface area (Å²) in [6, 6.07) is 4.10. The fourth-order valence-corrected chi connectivity index (χ4v) is 2.99. The largest absolute Gasteiger partial charge is 0.493 e. The molecule has 0 aliphatic heterocycles. The Balaban J connectivity index is 2.68. The van der Waals surface area contributed by atoms with Gasteiger partial charge in [-0.2, -0.15) is 11.8 Å². The SMILES string of the molecule is C=CCc1cc(CNC(=NC)NCCCCSC)cc(OC)c1OC. The van der Waals surface area contributed by atoms with E-state index in [2.05, 4.69) is 34.5 Å². The minimum absolute atomic E-state index is 0.662. The minimum atomic E-state index is 0.662. The first kappa shape index (κ1) is 21.2. The maximum absolute atomic E-state index is 5.48. The molecule has 0 amide bonds. The molecule has 2 N–H and O–H groups in total. The molecule has 0 unspecified atom stereocenters. The van der Waals surface area contributed by atoms with Crippen molar-refractivity contribution in [3.05, 3.63) is 35.9 Å². The Morgan fingerprint density at radius 1 is 1.24 bits per heavy atom. The summed E-state index contributed by atoms with van der Waals surface area (Å²) >= 11 is 1.88. The fraction of sp³-hybridized carbons (Fsp3) is 0.526. The molecule has 1 aromatic rings. The molecule has 0 atom stereocenters. The zero-order valence-electron chi connectivity index (χ0n) is 15.9. The van der Waals surface area contributed by atoms with Gasteiger partial charge in [0.1, 0.15) is 0 Å². The average Bonchev–Trinajstić information content (AvgIpc) is 2.63. The molecule has 0 aliphatic rings. The summed E-state index contributed by atoms with van der Waals surface area (Å²) in [5, 5.41) is 6.69. The lowest BCUT2D eigenvalue weighted by molar-refractivity contribution is 0.352. The van der Waals surface area contributed by atoms with Crippen LogP contribution >= 0.6 is 11.8 Å². The van der Waals surface area contributed by atoms with Crippen LogP contribution in [-0.4, -0.2) is 45.8 Å². The molecule has 0 aliphatic carbocycles. The van der Waals surface area contributed by atoms with Crippen molar-refractivity contribution in [1.82, 2.24) is 10.6 Å². The summed E-state index contributed by atoms with van der Waals surface area (Å²) < 4.78 is 10.9. The Labute approximate surface area is 156 Å². The summed E-state index contributed by atoms with van der Waals surface area (Å²) in [4.78, 5) is 4.27. The summed E-state index contributed by atoms with van der Waals surface area (Å²) in [5.74, 6) is 3.51. The molecule has 6 heteroatoms. The lowest BCUT2D eigenvalue weighted by Gasteiger charge is -2.16. The molecule has 0 spiro atoms. The normalized spacial score (nSPS) is 11.1. The maximum Gasteiger partial charge on any atom is 0.191 e. The molecular formula is C19H31N3O2S. The topological polar surface area (TPSA) is 54.9 Å². The van der Waals surface area contributed by atoms with Crippen molar-refractivity contribution in [2.45, 2.75) is 25.8 Å². The summed E-state index contributed by atoms with van der Waals surface area (Å²) in [5.41, 5.74) is 2.17. The lowest BCUT2D eigenvalue weighted by atomic mass is 10.1. The van der Waals surface area contributed by atoms with Crippen molar-refractivity contribution < 1.29 is 9.47 Å². The van der Waals surface area contributed by atoms with Crippen LogP contribution in [0.4, 0.5) is 0 Å². The zero-order chi connectivity index (χ0) is 18.5. The van der Waals surface area contributed by atoms with E-state index >= 15 is 0 Å². The van der Waals surface area contributed by atoms with Crippen LogP contribution in [0.5, 0.6) is 11.5 Å². The van der Waals surface area contributed by atoms with Crippen LogP contribution in [0.2, 0.25) is 0 Å². The molecule has 140 valence electrons. The highest BCUT2D eigenvalue weighted by atomic mass is 32.2. The number of unbranched alkanes of at least 4 members (excludes halogenated alkanes) is 1. The zero-order valence-corrected chi connectivity index (χ0v) is 16.7. The van der Waals surface area contributed by atoms with Crippen LogP contribution in [-0.2, 0) is 13.0 Å². The summed E-state index contributed by atoms with van der Waals surface area (Å²) in [7, 11) is 5.10. The number of ether oxygens (including phenoxy) is 2. The summed E-state index contributed by atoms with van der Waals surface area (Å²) in [6.07, 6.45) is 7.09. The highest BCUT2D eigenvalue weighted by Crippen LogP contribution is 2.33. The van der Waals surface area contributed by atoms with E-state index < -0.39 is 0 Å². The van der Waals surface area contributed by atoms with E-state index in [0.29, 0.717) is 6.54 Å². The molecule has 25 heavy (non-hydrogen) atoms. The van der Waals surface area contributed by atoms with Gasteiger partial charge in [0, 0.05) is 25.7 Å². The Bertz CT molecular complexity index is 562. The van der Waals surface area contributed by atoms with Crippen molar-refractivity contribution in [2.24, 2.45) is 4.99 Å². The third kappa shape index (κ3) is 7.30.